The summed E-state index contributed by atoms with van der Waals surface area (Å²) in [4.78, 5) is 45.5. The molecular weight excluding hydrogens is 352 g/mol. The molecule has 0 atom stereocenters. The van der Waals surface area contributed by atoms with Crippen molar-refractivity contribution < 1.29 is 15.0 Å². The molecule has 1 amide bonds. The highest BCUT2D eigenvalue weighted by molar-refractivity contribution is 6.06. The molecule has 4 N–H and O–H groups in total. The lowest BCUT2D eigenvalue weighted by molar-refractivity contribution is 0.0952. The summed E-state index contributed by atoms with van der Waals surface area (Å²) in [6.45, 7) is 1.04. The number of phenols is 1. The van der Waals surface area contributed by atoms with E-state index in [1.54, 1.807) is 0 Å². The van der Waals surface area contributed by atoms with Gasteiger partial charge in [0.05, 0.1) is 22.9 Å². The van der Waals surface area contributed by atoms with E-state index in [9.17, 15) is 19.5 Å². The minimum atomic E-state index is -0.646. The number of fused-ring (bicyclic) bond motifs is 2. The van der Waals surface area contributed by atoms with Crippen LogP contribution < -0.4 is 21.4 Å². The number of hydrogen-bond donors (Lipinski definition) is 4. The Bertz CT molecular complexity index is 1220. The van der Waals surface area contributed by atoms with Gasteiger partial charge in [-0.1, -0.05) is 0 Å². The van der Waals surface area contributed by atoms with Gasteiger partial charge in [-0.25, -0.2) is 4.98 Å². The van der Waals surface area contributed by atoms with Crippen molar-refractivity contribution in [3.8, 4) is 5.75 Å². The first-order valence-electron chi connectivity index (χ1n) is 8.13. The maximum atomic E-state index is 12.5. The van der Waals surface area contributed by atoms with Crippen molar-refractivity contribution in [3.63, 3.8) is 0 Å². The van der Waals surface area contributed by atoms with E-state index >= 15 is 0 Å². The number of aliphatic hydroxyl groups excluding tert-OH is 1. The molecule has 9 nitrogen and oxygen atoms in total. The van der Waals surface area contributed by atoms with Crippen molar-refractivity contribution in [3.05, 3.63) is 49.4 Å². The van der Waals surface area contributed by atoms with Gasteiger partial charge >= 0.3 is 0 Å². The lowest BCUT2D eigenvalue weighted by Crippen LogP contribution is -2.31. The standard InChI is InChI=1S/C18H18N4O5/c1-22(2)6-5-19-18(27)9-3-4-12(24)16-14(9)21-15-11(20-16)7-13(25)10(8-23)17(15)26/h3-4,7-8,21,23,26H,5-6H2,1-2H3,(H,19,27). The highest BCUT2D eigenvalue weighted by Crippen LogP contribution is 2.20. The number of likely N-dealkylation sites (N-methyl/N-ethyl adjacent to an activating group) is 1. The molecule has 140 valence electrons. The van der Waals surface area contributed by atoms with Gasteiger partial charge in [0.15, 0.2) is 11.2 Å². The van der Waals surface area contributed by atoms with Gasteiger partial charge in [0.25, 0.3) is 5.91 Å². The zero-order chi connectivity index (χ0) is 19.7. The Balaban J connectivity index is 2.23. The lowest BCUT2D eigenvalue weighted by atomic mass is 10.1. The molecule has 0 aliphatic heterocycles. The maximum absolute atomic E-state index is 12.5. The van der Waals surface area contributed by atoms with Gasteiger partial charge in [-0.15, -0.1) is 0 Å². The Morgan fingerprint density at radius 3 is 2.67 bits per heavy atom. The van der Waals surface area contributed by atoms with E-state index in [-0.39, 0.29) is 32.8 Å². The van der Waals surface area contributed by atoms with Gasteiger partial charge in [-0.2, -0.15) is 0 Å². The molecular formula is C18H18N4O5. The fourth-order valence-corrected chi connectivity index (χ4v) is 2.72. The molecule has 0 saturated carbocycles. The molecule has 3 rings (SSSR count). The number of aliphatic hydroxyl groups is 1. The van der Waals surface area contributed by atoms with Gasteiger partial charge in [-0.3, -0.25) is 14.4 Å². The van der Waals surface area contributed by atoms with Crippen molar-refractivity contribution in [2.75, 3.05) is 27.2 Å². The second-order valence-corrected chi connectivity index (χ2v) is 6.29. The predicted molar refractivity (Wildman–Crippen MR) is 101 cm³/mol. The summed E-state index contributed by atoms with van der Waals surface area (Å²) in [6, 6.07) is 3.69. The Hall–Kier alpha value is -3.46. The molecule has 2 aromatic carbocycles. The fraction of sp³-hybridized carbons (Fsp3) is 0.222. The summed E-state index contributed by atoms with van der Waals surface area (Å²) in [5, 5.41) is 21.8. The number of aromatic hydroxyl groups is 1. The Morgan fingerprint density at radius 2 is 2.00 bits per heavy atom. The van der Waals surface area contributed by atoms with E-state index in [2.05, 4.69) is 15.3 Å². The minimum Gasteiger partial charge on any atom is -0.515 e. The molecule has 27 heavy (non-hydrogen) atoms. The molecule has 0 saturated heterocycles. The number of H-pyrrole nitrogens is 1. The summed E-state index contributed by atoms with van der Waals surface area (Å²) in [7, 11) is 3.75. The molecule has 0 bridgehead atoms. The molecule has 0 unspecified atom stereocenters. The normalized spacial score (nSPS) is 12.2. The average Bonchev–Trinajstić information content (AvgIpc) is 2.61. The van der Waals surface area contributed by atoms with Gasteiger partial charge in [0.2, 0.25) is 5.43 Å². The van der Waals surface area contributed by atoms with Gasteiger partial charge in [-0.05, 0) is 26.2 Å². The van der Waals surface area contributed by atoms with E-state index in [0.717, 1.165) is 6.07 Å². The number of phenolic OH excluding ortho intramolecular Hbond substituents is 1. The third-order valence-corrected chi connectivity index (χ3v) is 4.12. The molecule has 9 heteroatoms. The first-order valence-corrected chi connectivity index (χ1v) is 8.13. The van der Waals surface area contributed by atoms with Gasteiger partial charge < -0.3 is 25.4 Å². The van der Waals surface area contributed by atoms with Crippen LogP contribution >= 0.6 is 0 Å². The summed E-state index contributed by atoms with van der Waals surface area (Å²) in [6.07, 6.45) is 0.494. The van der Waals surface area contributed by atoms with Crippen LogP contribution in [0.3, 0.4) is 0 Å². The molecule has 3 aromatic rings. The number of hydrogen-bond acceptors (Lipinski definition) is 7. The summed E-state index contributed by atoms with van der Waals surface area (Å²) in [5.74, 6) is -0.919. The molecule has 0 aliphatic rings. The lowest BCUT2D eigenvalue weighted by Gasteiger charge is -2.12. The summed E-state index contributed by atoms with van der Waals surface area (Å²) < 4.78 is 0. The molecule has 0 fully saturated rings. The Kier molecular flexibility index (Phi) is 4.78. The van der Waals surface area contributed by atoms with E-state index in [4.69, 9.17) is 5.11 Å². The van der Waals surface area contributed by atoms with Crippen LogP contribution in [0.15, 0.2) is 27.8 Å². The fourth-order valence-electron chi connectivity index (χ4n) is 2.72. The molecule has 0 radical (unpaired) electrons. The van der Waals surface area contributed by atoms with Crippen molar-refractivity contribution >= 4 is 34.2 Å². The van der Waals surface area contributed by atoms with E-state index < -0.39 is 22.5 Å². The first kappa shape index (κ1) is 18.3. The van der Waals surface area contributed by atoms with E-state index in [1.807, 2.05) is 19.0 Å². The molecule has 0 spiro atoms. The van der Waals surface area contributed by atoms with Crippen LogP contribution in [0.25, 0.3) is 28.3 Å². The third-order valence-electron chi connectivity index (χ3n) is 4.12. The minimum absolute atomic E-state index is 0.0257. The highest BCUT2D eigenvalue weighted by atomic mass is 16.3. The number of aromatic nitrogens is 2. The average molecular weight is 370 g/mol. The summed E-state index contributed by atoms with van der Waals surface area (Å²) in [5.41, 5.74) is -0.700. The van der Waals surface area contributed by atoms with Crippen LogP contribution in [-0.2, 0) is 0 Å². The second kappa shape index (κ2) is 7.04. The number of carbonyl (C=O) groups excluding carboxylic acids is 1. The molecule has 0 aliphatic carbocycles. The van der Waals surface area contributed by atoms with Crippen molar-refractivity contribution in [1.29, 1.82) is 0 Å². The van der Waals surface area contributed by atoms with Crippen LogP contribution in [0.5, 0.6) is 5.75 Å². The smallest absolute Gasteiger partial charge is 0.253 e. The third kappa shape index (κ3) is 3.32. The Labute approximate surface area is 152 Å². The zero-order valence-electron chi connectivity index (χ0n) is 14.7. The quantitative estimate of drug-likeness (QED) is 0.452. The molecule has 1 aromatic heterocycles. The first-order chi connectivity index (χ1) is 12.8. The van der Waals surface area contributed by atoms with Crippen LogP contribution in [0.4, 0.5) is 0 Å². The number of rotatable bonds is 4. The van der Waals surface area contributed by atoms with Crippen LogP contribution in [0, 0.1) is 0 Å². The second-order valence-electron chi connectivity index (χ2n) is 6.29. The largest absolute Gasteiger partial charge is 0.515 e. The van der Waals surface area contributed by atoms with Gasteiger partial charge in [0.1, 0.15) is 16.3 Å². The number of nitrogens with zero attached hydrogens (tertiary/aromatic N) is 2. The number of benzene rings is 2. The topological polar surface area (TPSA) is 136 Å². The number of aromatic amines is 1. The van der Waals surface area contributed by atoms with E-state index in [0.29, 0.717) is 19.4 Å². The van der Waals surface area contributed by atoms with Crippen LogP contribution in [-0.4, -0.2) is 58.2 Å². The van der Waals surface area contributed by atoms with Crippen LogP contribution in [0.2, 0.25) is 0 Å². The maximum Gasteiger partial charge on any atom is 0.253 e. The number of amides is 1. The van der Waals surface area contributed by atoms with Crippen molar-refractivity contribution in [2.24, 2.45) is 0 Å². The van der Waals surface area contributed by atoms with Crippen molar-refractivity contribution in [1.82, 2.24) is 20.2 Å². The SMILES string of the molecule is CN(C)CCNC(=O)c1ccc(=O)c2nc3cc(=O)c(=CO)c(O)c3[nH]c12. The highest BCUT2D eigenvalue weighted by Gasteiger charge is 2.16. The molecule has 1 heterocycles. The predicted octanol–water partition coefficient (Wildman–Crippen LogP) is -0.552. The Morgan fingerprint density at radius 1 is 1.26 bits per heavy atom. The number of nitrogens with one attached hydrogen (secondary N) is 2. The zero-order valence-corrected chi connectivity index (χ0v) is 14.7. The van der Waals surface area contributed by atoms with Crippen molar-refractivity contribution in [2.45, 2.75) is 0 Å². The number of carbonyl (C=O) groups is 1. The monoisotopic (exact) mass is 370 g/mol. The van der Waals surface area contributed by atoms with Crippen LogP contribution in [0.1, 0.15) is 10.4 Å². The van der Waals surface area contributed by atoms with Gasteiger partial charge in [0, 0.05) is 19.2 Å². The van der Waals surface area contributed by atoms with E-state index in [1.165, 1.54) is 12.1 Å². The summed E-state index contributed by atoms with van der Waals surface area (Å²) >= 11 is 0.